The molecule has 1 aliphatic rings. The Balaban J connectivity index is 1.94. The van der Waals surface area contributed by atoms with Gasteiger partial charge in [0, 0.05) is 17.3 Å². The maximum absolute atomic E-state index is 11.8. The molecule has 2 rings (SSSR count). The molecule has 0 saturated carbocycles. The van der Waals surface area contributed by atoms with Crippen LogP contribution in [0.4, 0.5) is 5.69 Å². The topological polar surface area (TPSA) is 41.1 Å². The van der Waals surface area contributed by atoms with Crippen LogP contribution in [0.3, 0.4) is 0 Å². The van der Waals surface area contributed by atoms with Gasteiger partial charge in [0.25, 0.3) is 0 Å². The van der Waals surface area contributed by atoms with Gasteiger partial charge in [0.2, 0.25) is 5.91 Å². The van der Waals surface area contributed by atoms with Crippen LogP contribution in [0.2, 0.25) is 0 Å². The lowest BCUT2D eigenvalue weighted by Gasteiger charge is -2.10. The van der Waals surface area contributed by atoms with Crippen molar-refractivity contribution in [2.24, 2.45) is 0 Å². The fraction of sp³-hybridized carbons (Fsp3) is 0.417. The highest BCUT2D eigenvalue weighted by Gasteiger charge is 2.22. The first-order chi connectivity index (χ1) is 7.79. The molecule has 1 saturated heterocycles. The van der Waals surface area contributed by atoms with Gasteiger partial charge in [-0.25, -0.2) is 0 Å². The van der Waals surface area contributed by atoms with Crippen molar-refractivity contribution >= 4 is 23.4 Å². The van der Waals surface area contributed by atoms with Crippen molar-refractivity contribution in [1.29, 1.82) is 0 Å². The monoisotopic (exact) mass is 236 g/mol. The fourth-order valence-corrected chi connectivity index (χ4v) is 2.56. The number of rotatable bonds is 3. The largest absolute Gasteiger partial charge is 0.325 e. The van der Waals surface area contributed by atoms with Crippen molar-refractivity contribution in [1.82, 2.24) is 5.32 Å². The molecule has 1 fully saturated rings. The van der Waals surface area contributed by atoms with E-state index in [1.807, 2.05) is 24.3 Å². The first-order valence-electron chi connectivity index (χ1n) is 5.50. The molecule has 86 valence electrons. The zero-order valence-electron chi connectivity index (χ0n) is 9.32. The van der Waals surface area contributed by atoms with Crippen molar-refractivity contribution in [2.45, 2.75) is 19.4 Å². The Morgan fingerprint density at radius 1 is 1.50 bits per heavy atom. The minimum absolute atomic E-state index is 0.0455. The van der Waals surface area contributed by atoms with Gasteiger partial charge in [0.15, 0.2) is 0 Å². The molecule has 1 aromatic rings. The van der Waals surface area contributed by atoms with E-state index in [1.165, 1.54) is 5.56 Å². The second kappa shape index (κ2) is 5.37. The zero-order valence-corrected chi connectivity index (χ0v) is 10.1. The molecule has 0 spiro atoms. The molecular formula is C12H16N2OS. The number of thioether (sulfide) groups is 1. The lowest BCUT2D eigenvalue weighted by Crippen LogP contribution is -2.37. The number of carbonyl (C=O) groups excluding carboxylic acids is 1. The molecule has 0 aliphatic carbocycles. The lowest BCUT2D eigenvalue weighted by atomic mass is 10.1. The van der Waals surface area contributed by atoms with Gasteiger partial charge in [-0.15, -0.1) is 11.8 Å². The number of carbonyl (C=O) groups is 1. The smallest absolute Gasteiger partial charge is 0.242 e. The first kappa shape index (κ1) is 11.5. The molecule has 1 aromatic carbocycles. The molecule has 0 aromatic heterocycles. The fourth-order valence-electron chi connectivity index (χ4n) is 1.62. The summed E-state index contributed by atoms with van der Waals surface area (Å²) < 4.78 is 0. The van der Waals surface area contributed by atoms with Gasteiger partial charge in [0.1, 0.15) is 0 Å². The van der Waals surface area contributed by atoms with E-state index in [-0.39, 0.29) is 11.9 Å². The Morgan fingerprint density at radius 2 is 2.25 bits per heavy atom. The summed E-state index contributed by atoms with van der Waals surface area (Å²) >= 11 is 1.76. The summed E-state index contributed by atoms with van der Waals surface area (Å²) in [5.74, 6) is 1.79. The van der Waals surface area contributed by atoms with Gasteiger partial charge in [-0.3, -0.25) is 10.1 Å². The summed E-state index contributed by atoms with van der Waals surface area (Å²) in [6, 6.07) is 7.96. The Kier molecular flexibility index (Phi) is 3.85. The molecular weight excluding hydrogens is 220 g/mol. The summed E-state index contributed by atoms with van der Waals surface area (Å²) in [4.78, 5) is 11.8. The van der Waals surface area contributed by atoms with Crippen molar-refractivity contribution in [3.63, 3.8) is 0 Å². The van der Waals surface area contributed by atoms with Crippen LogP contribution in [0.5, 0.6) is 0 Å². The van der Waals surface area contributed by atoms with Crippen LogP contribution in [-0.2, 0) is 11.2 Å². The summed E-state index contributed by atoms with van der Waals surface area (Å²) in [5, 5.41) is 6.07. The second-order valence-electron chi connectivity index (χ2n) is 3.81. The van der Waals surface area contributed by atoms with Crippen LogP contribution in [0, 0.1) is 0 Å². The van der Waals surface area contributed by atoms with E-state index in [2.05, 4.69) is 17.6 Å². The normalized spacial score (nSPS) is 19.7. The van der Waals surface area contributed by atoms with Gasteiger partial charge in [-0.05, 0) is 24.1 Å². The molecule has 1 heterocycles. The maximum Gasteiger partial charge on any atom is 0.242 e. The number of hydrogen-bond acceptors (Lipinski definition) is 3. The predicted octanol–water partition coefficient (Wildman–Crippen LogP) is 1.85. The number of aryl methyl sites for hydroxylation is 1. The molecule has 1 amide bonds. The highest BCUT2D eigenvalue weighted by molar-refractivity contribution is 7.99. The van der Waals surface area contributed by atoms with Crippen molar-refractivity contribution in [2.75, 3.05) is 16.9 Å². The third-order valence-corrected chi connectivity index (χ3v) is 3.60. The van der Waals surface area contributed by atoms with Crippen LogP contribution in [0.1, 0.15) is 12.5 Å². The predicted molar refractivity (Wildman–Crippen MR) is 68.7 cm³/mol. The molecule has 0 radical (unpaired) electrons. The van der Waals surface area contributed by atoms with Crippen LogP contribution in [-0.4, -0.2) is 23.6 Å². The number of hydrogen-bond donors (Lipinski definition) is 2. The summed E-state index contributed by atoms with van der Waals surface area (Å²) in [6.07, 6.45) is 1.02. The Morgan fingerprint density at radius 3 is 2.81 bits per heavy atom. The minimum Gasteiger partial charge on any atom is -0.325 e. The Bertz CT molecular complexity index is 358. The van der Waals surface area contributed by atoms with Crippen molar-refractivity contribution in [3.05, 3.63) is 29.8 Å². The van der Waals surface area contributed by atoms with Crippen LogP contribution in [0.25, 0.3) is 0 Å². The van der Waals surface area contributed by atoms with Crippen LogP contribution < -0.4 is 10.6 Å². The SMILES string of the molecule is CCc1ccc(NC(=O)C2CSCN2)cc1. The molecule has 0 bridgehead atoms. The third kappa shape index (κ3) is 2.77. The van der Waals surface area contributed by atoms with E-state index >= 15 is 0 Å². The summed E-state index contributed by atoms with van der Waals surface area (Å²) in [6.45, 7) is 2.12. The standard InChI is InChI=1S/C12H16N2OS/c1-2-9-3-5-10(6-4-9)14-12(15)11-7-16-8-13-11/h3-6,11,13H,2,7-8H2,1H3,(H,14,15). The van der Waals surface area contributed by atoms with Gasteiger partial charge in [0.05, 0.1) is 6.04 Å². The minimum atomic E-state index is -0.0455. The molecule has 2 N–H and O–H groups in total. The Hall–Kier alpha value is -1.00. The van der Waals surface area contributed by atoms with Crippen molar-refractivity contribution in [3.8, 4) is 0 Å². The highest BCUT2D eigenvalue weighted by atomic mass is 32.2. The number of amides is 1. The zero-order chi connectivity index (χ0) is 11.4. The lowest BCUT2D eigenvalue weighted by molar-refractivity contribution is -0.117. The molecule has 16 heavy (non-hydrogen) atoms. The first-order valence-corrected chi connectivity index (χ1v) is 6.66. The van der Waals surface area contributed by atoms with E-state index in [0.29, 0.717) is 0 Å². The van der Waals surface area contributed by atoms with Gasteiger partial charge in [-0.2, -0.15) is 0 Å². The molecule has 1 atom stereocenters. The summed E-state index contributed by atoms with van der Waals surface area (Å²) in [7, 11) is 0. The highest BCUT2D eigenvalue weighted by Crippen LogP contribution is 2.13. The molecule has 1 unspecified atom stereocenters. The van der Waals surface area contributed by atoms with Crippen LogP contribution in [0.15, 0.2) is 24.3 Å². The molecule has 3 nitrogen and oxygen atoms in total. The Labute approximate surface area is 100.0 Å². The average molecular weight is 236 g/mol. The second-order valence-corrected chi connectivity index (χ2v) is 4.84. The summed E-state index contributed by atoms with van der Waals surface area (Å²) in [5.41, 5.74) is 2.16. The molecule has 4 heteroatoms. The third-order valence-electron chi connectivity index (χ3n) is 2.66. The number of anilines is 1. The number of benzene rings is 1. The van der Waals surface area contributed by atoms with Gasteiger partial charge >= 0.3 is 0 Å². The van der Waals surface area contributed by atoms with E-state index in [0.717, 1.165) is 23.7 Å². The van der Waals surface area contributed by atoms with Crippen molar-refractivity contribution < 1.29 is 4.79 Å². The number of nitrogens with one attached hydrogen (secondary N) is 2. The van der Waals surface area contributed by atoms with E-state index in [4.69, 9.17) is 0 Å². The average Bonchev–Trinajstić information content (AvgIpc) is 2.83. The maximum atomic E-state index is 11.8. The van der Waals surface area contributed by atoms with Gasteiger partial charge < -0.3 is 5.32 Å². The van der Waals surface area contributed by atoms with E-state index in [9.17, 15) is 4.79 Å². The molecule has 1 aliphatic heterocycles. The van der Waals surface area contributed by atoms with E-state index in [1.54, 1.807) is 11.8 Å². The quantitative estimate of drug-likeness (QED) is 0.841. The van der Waals surface area contributed by atoms with Gasteiger partial charge in [-0.1, -0.05) is 19.1 Å². The van der Waals surface area contributed by atoms with Crippen LogP contribution >= 0.6 is 11.8 Å². The van der Waals surface area contributed by atoms with E-state index < -0.39 is 0 Å².